The van der Waals surface area contributed by atoms with Crippen LogP contribution in [0.5, 0.6) is 0 Å². The number of nitrogens with zero attached hydrogens (tertiary/aromatic N) is 4. The van der Waals surface area contributed by atoms with Crippen molar-refractivity contribution in [2.24, 2.45) is 0 Å². The average Bonchev–Trinajstić information content (AvgIpc) is 2.28. The molecule has 1 aromatic heterocycles. The van der Waals surface area contributed by atoms with Gasteiger partial charge in [-0.05, 0) is 26.0 Å². The molecule has 0 radical (unpaired) electrons. The van der Waals surface area contributed by atoms with Crippen LogP contribution in [0.25, 0.3) is 0 Å². The highest BCUT2D eigenvalue weighted by molar-refractivity contribution is 4.84. The Morgan fingerprint density at radius 3 is 1.92 bits per heavy atom. The van der Waals surface area contributed by atoms with Gasteiger partial charge in [-0.3, -0.25) is 0 Å². The monoisotopic (exact) mass is 194 g/mol. The van der Waals surface area contributed by atoms with Crippen LogP contribution in [0.1, 0.15) is 26.6 Å². The largest absolute Gasteiger partial charge is 0.455 e. The third-order valence-electron chi connectivity index (χ3n) is 1.27. The first kappa shape index (κ1) is 9.94. The molecule has 74 valence electrons. The second-order valence-corrected chi connectivity index (χ2v) is 3.57. The Balaban J connectivity index is 3.01. The van der Waals surface area contributed by atoms with Crippen LogP contribution in [0.15, 0.2) is 0 Å². The average molecular weight is 194 g/mol. The summed E-state index contributed by atoms with van der Waals surface area (Å²) in [4.78, 5) is 0.940. The van der Waals surface area contributed by atoms with Crippen LogP contribution in [-0.2, 0) is 11.7 Å². The van der Waals surface area contributed by atoms with E-state index in [0.717, 1.165) is 4.80 Å². The maximum Gasteiger partial charge on any atom is 0.455 e. The molecular weight excluding hydrogens is 185 g/mol. The third-order valence-corrected chi connectivity index (χ3v) is 1.27. The lowest BCUT2D eigenvalue weighted by molar-refractivity contribution is -0.145. The number of halogens is 3. The Hall–Kier alpha value is -1.14. The number of aromatic nitrogens is 4. The molecule has 1 aromatic rings. The molecule has 0 amide bonds. The Morgan fingerprint density at radius 1 is 1.15 bits per heavy atom. The van der Waals surface area contributed by atoms with Gasteiger partial charge in [-0.2, -0.15) is 18.0 Å². The number of hydrogen-bond donors (Lipinski definition) is 0. The van der Waals surface area contributed by atoms with Crippen molar-refractivity contribution in [1.82, 2.24) is 20.2 Å². The summed E-state index contributed by atoms with van der Waals surface area (Å²) in [7, 11) is 0. The summed E-state index contributed by atoms with van der Waals surface area (Å²) in [6.07, 6.45) is -4.52. The second kappa shape index (κ2) is 2.68. The van der Waals surface area contributed by atoms with Gasteiger partial charge >= 0.3 is 6.18 Å². The summed E-state index contributed by atoms with van der Waals surface area (Å²) >= 11 is 0. The van der Waals surface area contributed by atoms with E-state index < -0.39 is 17.5 Å². The van der Waals surface area contributed by atoms with E-state index in [1.54, 1.807) is 20.8 Å². The zero-order chi connectivity index (χ0) is 10.3. The molecule has 4 nitrogen and oxygen atoms in total. The maximum absolute atomic E-state index is 12.0. The van der Waals surface area contributed by atoms with Gasteiger partial charge in [0, 0.05) is 0 Å². The van der Waals surface area contributed by atoms with Crippen LogP contribution in [0.4, 0.5) is 13.2 Å². The molecule has 1 rings (SSSR count). The molecular formula is C6H9F3N4. The molecule has 0 aromatic carbocycles. The van der Waals surface area contributed by atoms with Crippen molar-refractivity contribution >= 4 is 0 Å². The molecule has 1 heterocycles. The number of rotatable bonds is 0. The predicted octanol–water partition coefficient (Wildman–Crippen LogP) is 1.45. The SMILES string of the molecule is CC(C)(C)n1nnc(C(F)(F)F)n1. The van der Waals surface area contributed by atoms with Gasteiger partial charge in [0.1, 0.15) is 0 Å². The standard InChI is InChI=1S/C6H9F3N4/c1-5(2,3)13-11-4(10-12-13)6(7,8)9/h1-3H3. The zero-order valence-corrected chi connectivity index (χ0v) is 7.42. The predicted molar refractivity (Wildman–Crippen MR) is 37.8 cm³/mol. The van der Waals surface area contributed by atoms with Crippen LogP contribution in [0.3, 0.4) is 0 Å². The van der Waals surface area contributed by atoms with Crippen molar-refractivity contribution in [1.29, 1.82) is 0 Å². The van der Waals surface area contributed by atoms with Gasteiger partial charge in [0.25, 0.3) is 5.82 Å². The van der Waals surface area contributed by atoms with Crippen LogP contribution in [0, 0.1) is 0 Å². The quantitative estimate of drug-likeness (QED) is 0.627. The highest BCUT2D eigenvalue weighted by Gasteiger charge is 2.37. The molecule has 0 aliphatic rings. The Labute approximate surface area is 72.7 Å². The Morgan fingerprint density at radius 2 is 1.69 bits per heavy atom. The lowest BCUT2D eigenvalue weighted by atomic mass is 10.1. The molecule has 0 unspecified atom stereocenters. The number of alkyl halides is 3. The minimum absolute atomic E-state index is 0.587. The van der Waals surface area contributed by atoms with E-state index in [9.17, 15) is 13.2 Å². The molecule has 0 saturated heterocycles. The van der Waals surface area contributed by atoms with E-state index in [1.807, 2.05) is 0 Å². The number of hydrogen-bond acceptors (Lipinski definition) is 3. The fraction of sp³-hybridized carbons (Fsp3) is 0.833. The molecule has 0 aliphatic heterocycles. The van der Waals surface area contributed by atoms with Crippen molar-refractivity contribution < 1.29 is 13.2 Å². The fourth-order valence-electron chi connectivity index (χ4n) is 0.612. The van der Waals surface area contributed by atoms with Crippen LogP contribution in [-0.4, -0.2) is 20.2 Å². The molecule has 0 saturated carbocycles. The van der Waals surface area contributed by atoms with Gasteiger partial charge in [0.2, 0.25) is 0 Å². The van der Waals surface area contributed by atoms with Crippen molar-refractivity contribution in [2.45, 2.75) is 32.5 Å². The van der Waals surface area contributed by atoms with E-state index in [0.29, 0.717) is 0 Å². The van der Waals surface area contributed by atoms with Crippen molar-refractivity contribution in [3.05, 3.63) is 5.82 Å². The van der Waals surface area contributed by atoms with Gasteiger partial charge in [0.15, 0.2) is 0 Å². The van der Waals surface area contributed by atoms with E-state index in [-0.39, 0.29) is 0 Å². The van der Waals surface area contributed by atoms with E-state index >= 15 is 0 Å². The summed E-state index contributed by atoms with van der Waals surface area (Å²) in [5, 5.41) is 9.44. The fourth-order valence-corrected chi connectivity index (χ4v) is 0.612. The first-order chi connectivity index (χ1) is 5.71. The summed E-state index contributed by atoms with van der Waals surface area (Å²) in [5.41, 5.74) is -0.587. The number of tetrazole rings is 1. The molecule has 13 heavy (non-hydrogen) atoms. The molecule has 0 atom stereocenters. The minimum Gasteiger partial charge on any atom is -0.163 e. The van der Waals surface area contributed by atoms with E-state index in [1.165, 1.54) is 0 Å². The van der Waals surface area contributed by atoms with E-state index in [2.05, 4.69) is 15.4 Å². The van der Waals surface area contributed by atoms with Gasteiger partial charge < -0.3 is 0 Å². The van der Waals surface area contributed by atoms with Gasteiger partial charge in [-0.15, -0.1) is 10.2 Å². The molecule has 0 spiro atoms. The lowest BCUT2D eigenvalue weighted by Gasteiger charge is -2.15. The summed E-state index contributed by atoms with van der Waals surface area (Å²) < 4.78 is 36.0. The van der Waals surface area contributed by atoms with Crippen molar-refractivity contribution in [3.8, 4) is 0 Å². The Kier molecular flexibility index (Phi) is 2.05. The topological polar surface area (TPSA) is 43.6 Å². The van der Waals surface area contributed by atoms with Gasteiger partial charge in [0.05, 0.1) is 5.54 Å². The van der Waals surface area contributed by atoms with Crippen LogP contribution in [0.2, 0.25) is 0 Å². The van der Waals surface area contributed by atoms with Crippen molar-refractivity contribution in [2.75, 3.05) is 0 Å². The first-order valence-electron chi connectivity index (χ1n) is 3.59. The maximum atomic E-state index is 12.0. The second-order valence-electron chi connectivity index (χ2n) is 3.57. The lowest BCUT2D eigenvalue weighted by Crippen LogP contribution is -2.25. The minimum atomic E-state index is -4.52. The highest BCUT2D eigenvalue weighted by Crippen LogP contribution is 2.25. The smallest absolute Gasteiger partial charge is 0.163 e. The molecule has 0 fully saturated rings. The van der Waals surface area contributed by atoms with Crippen LogP contribution >= 0.6 is 0 Å². The van der Waals surface area contributed by atoms with Gasteiger partial charge in [-0.25, -0.2) is 0 Å². The molecule has 7 heteroatoms. The summed E-state index contributed by atoms with van der Waals surface area (Å²) in [6, 6.07) is 0. The molecule has 0 bridgehead atoms. The summed E-state index contributed by atoms with van der Waals surface area (Å²) in [5.74, 6) is -1.21. The molecule has 0 N–H and O–H groups in total. The highest BCUT2D eigenvalue weighted by atomic mass is 19.4. The molecule has 0 aliphatic carbocycles. The van der Waals surface area contributed by atoms with Crippen LogP contribution < -0.4 is 0 Å². The Bertz CT molecular complexity index is 267. The normalized spacial score (nSPS) is 13.4. The van der Waals surface area contributed by atoms with Crippen molar-refractivity contribution in [3.63, 3.8) is 0 Å². The van der Waals surface area contributed by atoms with Gasteiger partial charge in [-0.1, -0.05) is 0 Å². The zero-order valence-electron chi connectivity index (χ0n) is 7.42. The first-order valence-corrected chi connectivity index (χ1v) is 3.59. The summed E-state index contributed by atoms with van der Waals surface area (Å²) in [6.45, 7) is 5.07. The van der Waals surface area contributed by atoms with E-state index in [4.69, 9.17) is 0 Å². The third kappa shape index (κ3) is 2.16.